The van der Waals surface area contributed by atoms with Crippen LogP contribution in [0, 0.1) is 0 Å². The van der Waals surface area contributed by atoms with E-state index in [9.17, 15) is 4.79 Å². The van der Waals surface area contributed by atoms with E-state index in [2.05, 4.69) is 5.32 Å². The van der Waals surface area contributed by atoms with Gasteiger partial charge in [-0.25, -0.2) is 0 Å². The highest BCUT2D eigenvalue weighted by Gasteiger charge is 2.31. The fraction of sp³-hybridized carbons (Fsp3) is 0.588. The molecule has 2 fully saturated rings. The zero-order chi connectivity index (χ0) is 15.5. The first-order valence-corrected chi connectivity index (χ1v) is 7.95. The molecule has 1 N–H and O–H groups in total. The van der Waals surface area contributed by atoms with E-state index in [1.165, 1.54) is 12.8 Å². The maximum Gasteiger partial charge on any atom is 0.227 e. The first kappa shape index (κ1) is 15.2. The third-order valence-corrected chi connectivity index (χ3v) is 4.73. The van der Waals surface area contributed by atoms with Crippen molar-refractivity contribution >= 4 is 5.91 Å². The molecule has 2 saturated heterocycles. The van der Waals surface area contributed by atoms with Crippen molar-refractivity contribution in [2.75, 3.05) is 27.3 Å². The fourth-order valence-electron chi connectivity index (χ4n) is 3.53. The van der Waals surface area contributed by atoms with Gasteiger partial charge in [0, 0.05) is 30.7 Å². The summed E-state index contributed by atoms with van der Waals surface area (Å²) in [6.07, 6.45) is 3.79. The summed E-state index contributed by atoms with van der Waals surface area (Å²) in [4.78, 5) is 14.7. The van der Waals surface area contributed by atoms with E-state index in [-0.39, 0.29) is 5.91 Å². The van der Waals surface area contributed by atoms with Crippen molar-refractivity contribution < 1.29 is 14.3 Å². The average molecular weight is 304 g/mol. The van der Waals surface area contributed by atoms with E-state index in [1.807, 2.05) is 23.1 Å². The minimum atomic E-state index is 0.150. The standard InChI is InChI=1S/C17H24N2O3/c1-21-15-4-3-5-16(22-2)14(15)10-17(20)19-9-8-12-6-7-13(11-19)18-12/h3-5,12-13,18H,6-11H2,1-2H3. The number of fused-ring (bicyclic) bond motifs is 2. The van der Waals surface area contributed by atoms with Gasteiger partial charge in [-0.05, 0) is 31.4 Å². The lowest BCUT2D eigenvalue weighted by molar-refractivity contribution is -0.130. The maximum absolute atomic E-state index is 12.7. The Balaban J connectivity index is 1.74. The van der Waals surface area contributed by atoms with Crippen LogP contribution in [0.25, 0.3) is 0 Å². The van der Waals surface area contributed by atoms with Gasteiger partial charge in [-0.15, -0.1) is 0 Å². The lowest BCUT2D eigenvalue weighted by Crippen LogP contribution is -2.39. The SMILES string of the molecule is COc1cccc(OC)c1CC(=O)N1CCC2CCC(C1)N2. The van der Waals surface area contributed by atoms with E-state index in [1.54, 1.807) is 14.2 Å². The van der Waals surface area contributed by atoms with Crippen LogP contribution in [0.1, 0.15) is 24.8 Å². The molecule has 0 saturated carbocycles. The molecule has 0 aliphatic carbocycles. The van der Waals surface area contributed by atoms with Gasteiger partial charge in [0.25, 0.3) is 0 Å². The Bertz CT molecular complexity index is 524. The van der Waals surface area contributed by atoms with Gasteiger partial charge < -0.3 is 19.7 Å². The van der Waals surface area contributed by atoms with Gasteiger partial charge >= 0.3 is 0 Å². The Hall–Kier alpha value is -1.75. The molecule has 3 rings (SSSR count). The van der Waals surface area contributed by atoms with Crippen LogP contribution in [0.2, 0.25) is 0 Å². The van der Waals surface area contributed by atoms with E-state index < -0.39 is 0 Å². The highest BCUT2D eigenvalue weighted by Crippen LogP contribution is 2.29. The molecule has 22 heavy (non-hydrogen) atoms. The number of carbonyl (C=O) groups is 1. The highest BCUT2D eigenvalue weighted by molar-refractivity contribution is 5.80. The van der Waals surface area contributed by atoms with Gasteiger partial charge in [0.1, 0.15) is 11.5 Å². The third kappa shape index (κ3) is 3.04. The van der Waals surface area contributed by atoms with Gasteiger partial charge in [0.05, 0.1) is 20.6 Å². The van der Waals surface area contributed by atoms with Crippen molar-refractivity contribution in [2.24, 2.45) is 0 Å². The monoisotopic (exact) mass is 304 g/mol. The van der Waals surface area contributed by atoms with Gasteiger partial charge in [-0.3, -0.25) is 4.79 Å². The van der Waals surface area contributed by atoms with E-state index in [4.69, 9.17) is 9.47 Å². The van der Waals surface area contributed by atoms with Gasteiger partial charge in [-0.2, -0.15) is 0 Å². The molecular weight excluding hydrogens is 280 g/mol. The molecule has 2 unspecified atom stereocenters. The molecule has 5 nitrogen and oxygen atoms in total. The highest BCUT2D eigenvalue weighted by atomic mass is 16.5. The quantitative estimate of drug-likeness (QED) is 0.918. The van der Waals surface area contributed by atoms with Crippen LogP contribution in [0.4, 0.5) is 0 Å². The Morgan fingerprint density at radius 3 is 2.55 bits per heavy atom. The van der Waals surface area contributed by atoms with Crippen LogP contribution in [0.15, 0.2) is 18.2 Å². The lowest BCUT2D eigenvalue weighted by atomic mass is 10.1. The molecular formula is C17H24N2O3. The summed E-state index contributed by atoms with van der Waals surface area (Å²) in [7, 11) is 3.25. The van der Waals surface area contributed by atoms with Gasteiger partial charge in [-0.1, -0.05) is 6.07 Å². The molecule has 1 aromatic rings. The molecule has 0 aromatic heterocycles. The Morgan fingerprint density at radius 2 is 1.86 bits per heavy atom. The number of ether oxygens (including phenoxy) is 2. The van der Waals surface area contributed by atoms with Crippen LogP contribution in [0.5, 0.6) is 11.5 Å². The molecule has 120 valence electrons. The largest absolute Gasteiger partial charge is 0.496 e. The number of nitrogens with zero attached hydrogens (tertiary/aromatic N) is 1. The number of nitrogens with one attached hydrogen (secondary N) is 1. The lowest BCUT2D eigenvalue weighted by Gasteiger charge is -2.25. The Morgan fingerprint density at radius 1 is 1.18 bits per heavy atom. The molecule has 0 spiro atoms. The van der Waals surface area contributed by atoms with Gasteiger partial charge in [0.15, 0.2) is 0 Å². The molecule has 2 atom stereocenters. The number of methoxy groups -OCH3 is 2. The Kier molecular flexibility index (Phi) is 4.52. The minimum absolute atomic E-state index is 0.150. The van der Waals surface area contributed by atoms with Crippen molar-refractivity contribution in [1.29, 1.82) is 0 Å². The number of amides is 1. The van der Waals surface area contributed by atoms with Crippen LogP contribution in [0.3, 0.4) is 0 Å². The molecule has 1 aromatic carbocycles. The minimum Gasteiger partial charge on any atom is -0.496 e. The number of carbonyl (C=O) groups excluding carboxylic acids is 1. The Labute approximate surface area is 131 Å². The molecule has 2 aliphatic heterocycles. The second-order valence-electron chi connectivity index (χ2n) is 6.08. The molecule has 2 bridgehead atoms. The zero-order valence-electron chi connectivity index (χ0n) is 13.3. The average Bonchev–Trinajstić information content (AvgIpc) is 2.86. The van der Waals surface area contributed by atoms with Crippen molar-refractivity contribution in [1.82, 2.24) is 10.2 Å². The molecule has 1 amide bonds. The second kappa shape index (κ2) is 6.57. The van der Waals surface area contributed by atoms with E-state index in [0.717, 1.165) is 25.1 Å². The molecule has 2 aliphatic rings. The fourth-order valence-corrected chi connectivity index (χ4v) is 3.53. The van der Waals surface area contributed by atoms with Crippen molar-refractivity contribution in [3.8, 4) is 11.5 Å². The van der Waals surface area contributed by atoms with Crippen molar-refractivity contribution in [2.45, 2.75) is 37.8 Å². The second-order valence-corrected chi connectivity index (χ2v) is 6.08. The predicted molar refractivity (Wildman–Crippen MR) is 84.4 cm³/mol. The van der Waals surface area contributed by atoms with E-state index >= 15 is 0 Å². The van der Waals surface area contributed by atoms with E-state index in [0.29, 0.717) is 30.0 Å². The summed E-state index contributed by atoms with van der Waals surface area (Å²) in [5.41, 5.74) is 0.833. The van der Waals surface area contributed by atoms with Crippen molar-refractivity contribution in [3.05, 3.63) is 23.8 Å². The number of hydrogen-bond donors (Lipinski definition) is 1. The molecule has 0 radical (unpaired) electrons. The zero-order valence-corrected chi connectivity index (χ0v) is 13.3. The van der Waals surface area contributed by atoms with Gasteiger partial charge in [0.2, 0.25) is 5.91 Å². The summed E-state index contributed by atoms with van der Waals surface area (Å²) in [6.45, 7) is 1.65. The van der Waals surface area contributed by atoms with Crippen LogP contribution in [-0.2, 0) is 11.2 Å². The van der Waals surface area contributed by atoms with Crippen molar-refractivity contribution in [3.63, 3.8) is 0 Å². The summed E-state index contributed by atoms with van der Waals surface area (Å²) in [5.74, 6) is 1.57. The molecule has 2 heterocycles. The smallest absolute Gasteiger partial charge is 0.227 e. The maximum atomic E-state index is 12.7. The summed E-state index contributed by atoms with van der Waals surface area (Å²) in [6, 6.07) is 6.66. The normalized spacial score (nSPS) is 24.0. The third-order valence-electron chi connectivity index (χ3n) is 4.73. The first-order chi connectivity index (χ1) is 10.7. The van der Waals surface area contributed by atoms with Crippen LogP contribution < -0.4 is 14.8 Å². The number of likely N-dealkylation sites (tertiary alicyclic amines) is 1. The molecule has 5 heteroatoms. The first-order valence-electron chi connectivity index (χ1n) is 7.95. The number of rotatable bonds is 4. The summed E-state index contributed by atoms with van der Waals surface area (Å²) < 4.78 is 10.8. The summed E-state index contributed by atoms with van der Waals surface area (Å²) >= 11 is 0. The van der Waals surface area contributed by atoms with Crippen LogP contribution >= 0.6 is 0 Å². The number of hydrogen-bond acceptors (Lipinski definition) is 4. The van der Waals surface area contributed by atoms with Crippen LogP contribution in [-0.4, -0.2) is 50.2 Å². The number of benzene rings is 1. The topological polar surface area (TPSA) is 50.8 Å². The predicted octanol–water partition coefficient (Wildman–Crippen LogP) is 1.60. The summed E-state index contributed by atoms with van der Waals surface area (Å²) in [5, 5.41) is 3.60.